The van der Waals surface area contributed by atoms with E-state index in [2.05, 4.69) is 15.0 Å². The van der Waals surface area contributed by atoms with Gasteiger partial charge in [0.25, 0.3) is 0 Å². The second kappa shape index (κ2) is 5.75. The van der Waals surface area contributed by atoms with E-state index < -0.39 is 10.0 Å². The average Bonchev–Trinajstić information content (AvgIpc) is 3.15. The zero-order valence-electron chi connectivity index (χ0n) is 11.7. The molecule has 0 saturated heterocycles. The van der Waals surface area contributed by atoms with Gasteiger partial charge in [-0.2, -0.15) is 0 Å². The first kappa shape index (κ1) is 14.5. The lowest BCUT2D eigenvalue weighted by Gasteiger charge is -2.12. The molecule has 1 saturated carbocycles. The molecule has 1 aliphatic carbocycles. The summed E-state index contributed by atoms with van der Waals surface area (Å²) in [4.78, 5) is 5.58. The fraction of sp³-hybridized carbons (Fsp3) is 0.357. The van der Waals surface area contributed by atoms with E-state index >= 15 is 0 Å². The Hall–Kier alpha value is -1.44. The number of nitrogens with one attached hydrogen (secondary N) is 2. The lowest BCUT2D eigenvalue weighted by molar-refractivity contribution is 0.581. The summed E-state index contributed by atoms with van der Waals surface area (Å²) in [5.41, 5.74) is 0.622. The Kier molecular flexibility index (Phi) is 3.97. The molecule has 1 aliphatic rings. The van der Waals surface area contributed by atoms with Crippen LogP contribution in [-0.4, -0.2) is 19.4 Å². The molecule has 1 aromatic carbocycles. The number of anilines is 1. The van der Waals surface area contributed by atoms with E-state index in [0.717, 1.165) is 22.7 Å². The Bertz CT molecular complexity index is 736. The summed E-state index contributed by atoms with van der Waals surface area (Å²) >= 11 is 1.60. The zero-order valence-corrected chi connectivity index (χ0v) is 13.3. The maximum Gasteiger partial charge on any atom is 0.242 e. The van der Waals surface area contributed by atoms with Crippen LogP contribution in [0.2, 0.25) is 0 Å². The smallest absolute Gasteiger partial charge is 0.242 e. The van der Waals surface area contributed by atoms with Crippen LogP contribution in [0.3, 0.4) is 0 Å². The molecule has 5 nitrogen and oxygen atoms in total. The Morgan fingerprint density at radius 1 is 1.33 bits per heavy atom. The van der Waals surface area contributed by atoms with Crippen LogP contribution in [0.25, 0.3) is 0 Å². The van der Waals surface area contributed by atoms with Gasteiger partial charge in [-0.3, -0.25) is 0 Å². The first-order chi connectivity index (χ1) is 10.0. The third kappa shape index (κ3) is 3.61. The standard InChI is InChI=1S/C14H17N3O2S2/c1-10-15-8-12(20-10)9-16-13-4-2-3-5-14(13)21(18,19)17-11-6-7-11/h2-5,8,11,16-17H,6-7,9H2,1H3. The van der Waals surface area contributed by atoms with E-state index in [1.165, 1.54) is 0 Å². The largest absolute Gasteiger partial charge is 0.379 e. The van der Waals surface area contributed by atoms with Crippen molar-refractivity contribution in [1.29, 1.82) is 0 Å². The molecule has 3 rings (SSSR count). The van der Waals surface area contributed by atoms with Gasteiger partial charge in [0.15, 0.2) is 0 Å². The van der Waals surface area contributed by atoms with Crippen molar-refractivity contribution >= 4 is 27.0 Å². The highest BCUT2D eigenvalue weighted by molar-refractivity contribution is 7.89. The summed E-state index contributed by atoms with van der Waals surface area (Å²) < 4.78 is 27.4. The third-order valence-corrected chi connectivity index (χ3v) is 5.69. The Morgan fingerprint density at radius 3 is 2.76 bits per heavy atom. The second-order valence-electron chi connectivity index (χ2n) is 5.09. The Balaban J connectivity index is 1.78. The van der Waals surface area contributed by atoms with Crippen molar-refractivity contribution in [3.8, 4) is 0 Å². The van der Waals surface area contributed by atoms with Crippen LogP contribution in [0.1, 0.15) is 22.7 Å². The minimum atomic E-state index is -3.45. The third-order valence-electron chi connectivity index (χ3n) is 3.20. The highest BCUT2D eigenvalue weighted by atomic mass is 32.2. The van der Waals surface area contributed by atoms with E-state index in [9.17, 15) is 8.42 Å². The monoisotopic (exact) mass is 323 g/mol. The van der Waals surface area contributed by atoms with Crippen LogP contribution >= 0.6 is 11.3 Å². The number of thiazole rings is 1. The summed E-state index contributed by atoms with van der Waals surface area (Å²) in [7, 11) is -3.45. The maximum absolute atomic E-state index is 12.4. The van der Waals surface area contributed by atoms with E-state index in [1.54, 1.807) is 29.5 Å². The number of hydrogen-bond acceptors (Lipinski definition) is 5. The van der Waals surface area contributed by atoms with Crippen LogP contribution in [-0.2, 0) is 16.6 Å². The van der Waals surface area contributed by atoms with Crippen molar-refractivity contribution in [2.45, 2.75) is 37.2 Å². The molecule has 1 aromatic heterocycles. The number of para-hydroxylation sites is 1. The summed E-state index contributed by atoms with van der Waals surface area (Å²) in [5.74, 6) is 0. The molecule has 0 atom stereocenters. The average molecular weight is 323 g/mol. The molecule has 0 bridgehead atoms. The molecule has 0 radical (unpaired) electrons. The molecular weight excluding hydrogens is 306 g/mol. The highest BCUT2D eigenvalue weighted by Gasteiger charge is 2.29. The number of hydrogen-bond donors (Lipinski definition) is 2. The summed E-state index contributed by atoms with van der Waals surface area (Å²) in [6, 6.07) is 7.09. The van der Waals surface area contributed by atoms with Crippen molar-refractivity contribution in [3.63, 3.8) is 0 Å². The first-order valence-corrected chi connectivity index (χ1v) is 9.11. The van der Waals surface area contributed by atoms with Crippen molar-refractivity contribution < 1.29 is 8.42 Å². The quantitative estimate of drug-likeness (QED) is 0.857. The SMILES string of the molecule is Cc1ncc(CNc2ccccc2S(=O)(=O)NC2CC2)s1. The molecule has 1 heterocycles. The van der Waals surface area contributed by atoms with Crippen LogP contribution in [0.5, 0.6) is 0 Å². The highest BCUT2D eigenvalue weighted by Crippen LogP contribution is 2.26. The number of aryl methyl sites for hydroxylation is 1. The predicted octanol–water partition coefficient (Wildman–Crippen LogP) is 2.50. The number of nitrogens with zero attached hydrogens (tertiary/aromatic N) is 1. The van der Waals surface area contributed by atoms with Crippen LogP contribution < -0.4 is 10.0 Å². The van der Waals surface area contributed by atoms with E-state index in [4.69, 9.17) is 0 Å². The van der Waals surface area contributed by atoms with Gasteiger partial charge in [0.2, 0.25) is 10.0 Å². The lowest BCUT2D eigenvalue weighted by atomic mass is 10.3. The second-order valence-corrected chi connectivity index (χ2v) is 8.09. The van der Waals surface area contributed by atoms with Gasteiger partial charge in [0.1, 0.15) is 4.90 Å². The molecule has 21 heavy (non-hydrogen) atoms. The van der Waals surface area contributed by atoms with Crippen molar-refractivity contribution in [3.05, 3.63) is 40.3 Å². The zero-order chi connectivity index (χ0) is 14.9. The minimum absolute atomic E-state index is 0.104. The van der Waals surface area contributed by atoms with Crippen molar-refractivity contribution in [2.24, 2.45) is 0 Å². The fourth-order valence-electron chi connectivity index (χ4n) is 2.00. The summed E-state index contributed by atoms with van der Waals surface area (Å²) in [5, 5.41) is 4.20. The summed E-state index contributed by atoms with van der Waals surface area (Å²) in [6.45, 7) is 2.52. The predicted molar refractivity (Wildman–Crippen MR) is 84.0 cm³/mol. The molecule has 2 aromatic rings. The summed E-state index contributed by atoms with van der Waals surface area (Å²) in [6.07, 6.45) is 3.66. The topological polar surface area (TPSA) is 71.1 Å². The van der Waals surface area contributed by atoms with E-state index in [-0.39, 0.29) is 6.04 Å². The molecule has 2 N–H and O–H groups in total. The van der Waals surface area contributed by atoms with Gasteiger partial charge in [-0.25, -0.2) is 18.1 Å². The lowest BCUT2D eigenvalue weighted by Crippen LogP contribution is -2.26. The number of rotatable bonds is 6. The Labute approximate surface area is 128 Å². The molecule has 112 valence electrons. The van der Waals surface area contributed by atoms with Gasteiger partial charge in [-0.15, -0.1) is 11.3 Å². The van der Waals surface area contributed by atoms with Crippen LogP contribution in [0, 0.1) is 6.92 Å². The number of benzene rings is 1. The van der Waals surface area contributed by atoms with Gasteiger partial charge < -0.3 is 5.32 Å². The molecule has 0 spiro atoms. The molecule has 0 aliphatic heterocycles. The number of sulfonamides is 1. The molecule has 1 fully saturated rings. The molecule has 0 unspecified atom stereocenters. The first-order valence-electron chi connectivity index (χ1n) is 6.81. The normalized spacial score (nSPS) is 15.1. The van der Waals surface area contributed by atoms with Gasteiger partial charge >= 0.3 is 0 Å². The maximum atomic E-state index is 12.4. The number of aromatic nitrogens is 1. The molecule has 0 amide bonds. The van der Waals surface area contributed by atoms with Gasteiger partial charge in [0.05, 0.1) is 17.2 Å². The minimum Gasteiger partial charge on any atom is -0.379 e. The van der Waals surface area contributed by atoms with Gasteiger partial charge in [0, 0.05) is 17.1 Å². The Morgan fingerprint density at radius 2 is 2.10 bits per heavy atom. The van der Waals surface area contributed by atoms with Crippen LogP contribution in [0.15, 0.2) is 35.4 Å². The molecular formula is C14H17N3O2S2. The van der Waals surface area contributed by atoms with E-state index in [1.807, 2.05) is 19.2 Å². The fourth-order valence-corrected chi connectivity index (χ4v) is 4.22. The van der Waals surface area contributed by atoms with Gasteiger partial charge in [-0.1, -0.05) is 12.1 Å². The van der Waals surface area contributed by atoms with E-state index in [0.29, 0.717) is 17.1 Å². The van der Waals surface area contributed by atoms with Crippen molar-refractivity contribution in [1.82, 2.24) is 9.71 Å². The molecule has 7 heteroatoms. The van der Waals surface area contributed by atoms with Crippen molar-refractivity contribution in [2.75, 3.05) is 5.32 Å². The van der Waals surface area contributed by atoms with Crippen LogP contribution in [0.4, 0.5) is 5.69 Å². The van der Waals surface area contributed by atoms with Gasteiger partial charge in [-0.05, 0) is 31.9 Å².